The number of ether oxygens (including phenoxy) is 1. The molecule has 100 valence electrons. The van der Waals surface area contributed by atoms with E-state index in [4.69, 9.17) is 4.74 Å². The lowest BCUT2D eigenvalue weighted by Gasteiger charge is -2.13. The summed E-state index contributed by atoms with van der Waals surface area (Å²) < 4.78 is 18.5. The first kappa shape index (κ1) is 14.4. The molecule has 1 aromatic carbocycles. The van der Waals surface area contributed by atoms with E-state index in [1.807, 2.05) is 0 Å². The average molecular weight is 255 g/mol. The molecule has 0 saturated carbocycles. The van der Waals surface area contributed by atoms with E-state index < -0.39 is 11.9 Å². The highest BCUT2D eigenvalue weighted by molar-refractivity contribution is 5.75. The highest BCUT2D eigenvalue weighted by Crippen LogP contribution is 2.26. The molecule has 0 heterocycles. The SMILES string of the molecule is CNC(=O)CCCOc1ccc(F)cc1[C@H](C)O. The van der Waals surface area contributed by atoms with Crippen LogP contribution in [0.2, 0.25) is 0 Å². The molecule has 0 saturated heterocycles. The van der Waals surface area contributed by atoms with Gasteiger partial charge in [0.2, 0.25) is 5.91 Å². The maximum Gasteiger partial charge on any atom is 0.219 e. The van der Waals surface area contributed by atoms with Crippen molar-refractivity contribution in [3.05, 3.63) is 29.6 Å². The number of benzene rings is 1. The summed E-state index contributed by atoms with van der Waals surface area (Å²) in [6, 6.07) is 4.01. The standard InChI is InChI=1S/C13H18FNO3/c1-9(16)11-8-10(14)5-6-12(11)18-7-3-4-13(17)15-2/h5-6,8-9,16H,3-4,7H2,1-2H3,(H,15,17)/t9-/m0/s1. The van der Waals surface area contributed by atoms with Crippen LogP contribution >= 0.6 is 0 Å². The predicted molar refractivity (Wildman–Crippen MR) is 65.8 cm³/mol. The molecule has 1 aromatic rings. The maximum absolute atomic E-state index is 13.0. The lowest BCUT2D eigenvalue weighted by atomic mass is 10.1. The molecule has 2 N–H and O–H groups in total. The number of aliphatic hydroxyl groups is 1. The summed E-state index contributed by atoms with van der Waals surface area (Å²) in [5.41, 5.74) is 0.412. The van der Waals surface area contributed by atoms with E-state index in [9.17, 15) is 14.3 Å². The Bertz CT molecular complexity index is 407. The van der Waals surface area contributed by atoms with Gasteiger partial charge in [0.05, 0.1) is 12.7 Å². The largest absolute Gasteiger partial charge is 0.493 e. The third-order valence-corrected chi connectivity index (χ3v) is 2.51. The van der Waals surface area contributed by atoms with Crippen LogP contribution in [0, 0.1) is 5.82 Å². The van der Waals surface area contributed by atoms with Gasteiger partial charge in [0.15, 0.2) is 0 Å². The second-order valence-corrected chi connectivity index (χ2v) is 3.98. The third-order valence-electron chi connectivity index (χ3n) is 2.51. The minimum atomic E-state index is -0.797. The van der Waals surface area contributed by atoms with Gasteiger partial charge in [-0.3, -0.25) is 4.79 Å². The summed E-state index contributed by atoms with van der Waals surface area (Å²) in [6.45, 7) is 1.89. The third kappa shape index (κ3) is 4.33. The zero-order valence-electron chi connectivity index (χ0n) is 10.6. The Hall–Kier alpha value is -1.62. The first-order valence-corrected chi connectivity index (χ1v) is 5.85. The van der Waals surface area contributed by atoms with Gasteiger partial charge in [0.25, 0.3) is 0 Å². The monoisotopic (exact) mass is 255 g/mol. The van der Waals surface area contributed by atoms with Crippen molar-refractivity contribution >= 4 is 5.91 Å². The quantitative estimate of drug-likeness (QED) is 0.762. The minimum absolute atomic E-state index is 0.0477. The van der Waals surface area contributed by atoms with E-state index in [0.29, 0.717) is 30.8 Å². The van der Waals surface area contributed by atoms with E-state index in [0.717, 1.165) is 0 Å². The van der Waals surface area contributed by atoms with Crippen molar-refractivity contribution in [3.8, 4) is 5.75 Å². The average Bonchev–Trinajstić information content (AvgIpc) is 2.35. The van der Waals surface area contributed by atoms with Gasteiger partial charge >= 0.3 is 0 Å². The summed E-state index contributed by atoms with van der Waals surface area (Å²) in [5.74, 6) is -0.0135. The van der Waals surface area contributed by atoms with Crippen LogP contribution < -0.4 is 10.1 Å². The molecule has 0 fully saturated rings. The van der Waals surface area contributed by atoms with Gasteiger partial charge in [-0.2, -0.15) is 0 Å². The van der Waals surface area contributed by atoms with Crippen molar-refractivity contribution in [1.29, 1.82) is 0 Å². The number of aliphatic hydroxyl groups excluding tert-OH is 1. The Balaban J connectivity index is 2.54. The predicted octanol–water partition coefficient (Wildman–Crippen LogP) is 1.78. The van der Waals surface area contributed by atoms with E-state index >= 15 is 0 Å². The Labute approximate surface area is 106 Å². The highest BCUT2D eigenvalue weighted by atomic mass is 19.1. The molecule has 0 radical (unpaired) electrons. The molecule has 0 bridgehead atoms. The molecule has 0 unspecified atom stereocenters. The number of halogens is 1. The van der Waals surface area contributed by atoms with Crippen LogP contribution in [0.3, 0.4) is 0 Å². The molecule has 0 aliphatic heterocycles. The van der Waals surface area contributed by atoms with Crippen LogP contribution in [0.25, 0.3) is 0 Å². The summed E-state index contributed by atoms with van der Waals surface area (Å²) in [6.07, 6.45) is 0.146. The molecule has 0 aliphatic rings. The van der Waals surface area contributed by atoms with Crippen LogP contribution in [0.5, 0.6) is 5.75 Å². The zero-order chi connectivity index (χ0) is 13.5. The Morgan fingerprint density at radius 2 is 2.28 bits per heavy atom. The van der Waals surface area contributed by atoms with Gasteiger partial charge in [0.1, 0.15) is 11.6 Å². The molecule has 4 nitrogen and oxygen atoms in total. The van der Waals surface area contributed by atoms with Gasteiger partial charge in [-0.05, 0) is 31.5 Å². The van der Waals surface area contributed by atoms with Crippen molar-refractivity contribution < 1.29 is 19.0 Å². The normalized spacial score (nSPS) is 12.0. The Morgan fingerprint density at radius 3 is 2.89 bits per heavy atom. The minimum Gasteiger partial charge on any atom is -0.493 e. The van der Waals surface area contributed by atoms with Gasteiger partial charge in [-0.1, -0.05) is 0 Å². The number of amides is 1. The molecular weight excluding hydrogens is 237 g/mol. The van der Waals surface area contributed by atoms with Crippen LogP contribution in [0.15, 0.2) is 18.2 Å². The molecule has 18 heavy (non-hydrogen) atoms. The summed E-state index contributed by atoms with van der Waals surface area (Å²) in [4.78, 5) is 11.0. The van der Waals surface area contributed by atoms with Crippen molar-refractivity contribution in [1.82, 2.24) is 5.32 Å². The number of carbonyl (C=O) groups excluding carboxylic acids is 1. The van der Waals surface area contributed by atoms with Crippen LogP contribution in [-0.4, -0.2) is 24.7 Å². The molecule has 0 spiro atoms. The fourth-order valence-corrected chi connectivity index (χ4v) is 1.52. The van der Waals surface area contributed by atoms with Crippen molar-refractivity contribution in [2.45, 2.75) is 25.9 Å². The topological polar surface area (TPSA) is 58.6 Å². The van der Waals surface area contributed by atoms with Crippen LogP contribution in [0.1, 0.15) is 31.4 Å². The van der Waals surface area contributed by atoms with E-state index in [1.54, 1.807) is 14.0 Å². The fraction of sp³-hybridized carbons (Fsp3) is 0.462. The van der Waals surface area contributed by atoms with Gasteiger partial charge in [0, 0.05) is 19.0 Å². The highest BCUT2D eigenvalue weighted by Gasteiger charge is 2.10. The first-order chi connectivity index (χ1) is 8.54. The number of carbonyl (C=O) groups is 1. The van der Waals surface area contributed by atoms with Crippen LogP contribution in [0.4, 0.5) is 4.39 Å². The summed E-state index contributed by atoms with van der Waals surface area (Å²) >= 11 is 0. The van der Waals surface area contributed by atoms with Crippen LogP contribution in [-0.2, 0) is 4.79 Å². The van der Waals surface area contributed by atoms with E-state index in [-0.39, 0.29) is 5.91 Å². The van der Waals surface area contributed by atoms with Crippen molar-refractivity contribution in [2.75, 3.05) is 13.7 Å². The molecule has 5 heteroatoms. The van der Waals surface area contributed by atoms with Gasteiger partial charge < -0.3 is 15.2 Å². The second kappa shape index (κ2) is 6.96. The van der Waals surface area contributed by atoms with E-state index in [2.05, 4.69) is 5.32 Å². The number of hydrogen-bond acceptors (Lipinski definition) is 3. The summed E-state index contributed by atoms with van der Waals surface area (Å²) in [7, 11) is 1.58. The smallest absolute Gasteiger partial charge is 0.219 e. The lowest BCUT2D eigenvalue weighted by Crippen LogP contribution is -2.18. The number of rotatable bonds is 6. The summed E-state index contributed by atoms with van der Waals surface area (Å²) in [5, 5.41) is 12.0. The second-order valence-electron chi connectivity index (χ2n) is 3.98. The molecular formula is C13H18FNO3. The van der Waals surface area contributed by atoms with E-state index in [1.165, 1.54) is 18.2 Å². The molecule has 0 aliphatic carbocycles. The Morgan fingerprint density at radius 1 is 1.56 bits per heavy atom. The van der Waals surface area contributed by atoms with Gasteiger partial charge in [-0.25, -0.2) is 4.39 Å². The van der Waals surface area contributed by atoms with Crippen molar-refractivity contribution in [3.63, 3.8) is 0 Å². The lowest BCUT2D eigenvalue weighted by molar-refractivity contribution is -0.120. The molecule has 1 rings (SSSR count). The zero-order valence-corrected chi connectivity index (χ0v) is 10.6. The number of nitrogens with one attached hydrogen (secondary N) is 1. The van der Waals surface area contributed by atoms with Gasteiger partial charge in [-0.15, -0.1) is 0 Å². The molecule has 1 amide bonds. The van der Waals surface area contributed by atoms with Crippen molar-refractivity contribution in [2.24, 2.45) is 0 Å². The number of hydrogen-bond donors (Lipinski definition) is 2. The molecule has 1 atom stereocenters. The first-order valence-electron chi connectivity index (χ1n) is 5.85. The Kier molecular flexibility index (Phi) is 5.58. The molecule has 0 aromatic heterocycles. The fourth-order valence-electron chi connectivity index (χ4n) is 1.52. The maximum atomic E-state index is 13.0.